The standard InChI is InChI=1S/2C22H17N3.4C21H23N2.2Ir/c2*1-23-13-14-24(16-23)18-11-12-22-20(15-18)19-9-5-6-10-21(19)25(22)17-7-3-2-4-8-17;4*1-15(2)18-11-8-12-19(16(3)4)20(18)23-14-13-22-21(23)17-9-6-5-7-10-17;;/h2*2-10,12-16H,1H3;4*5-9,11-16H,1-4H3;;/q2*-2;4*-1;;. The molecule has 0 saturated carbocycles. The summed E-state index contributed by atoms with van der Waals surface area (Å²) in [5.74, 6) is 7.44. The maximum Gasteiger partial charge on any atom is 0.0602 e. The molecule has 0 bridgehead atoms. The van der Waals surface area contributed by atoms with Gasteiger partial charge in [0.1, 0.15) is 0 Å². The first-order chi connectivity index (χ1) is 69.0. The molecule has 2 radical (unpaired) electrons. The number of para-hydroxylation sites is 8. The van der Waals surface area contributed by atoms with Gasteiger partial charge in [0.05, 0.1) is 23.3 Å². The Labute approximate surface area is 879 Å². The van der Waals surface area contributed by atoms with Gasteiger partial charge in [0.15, 0.2) is 0 Å². The van der Waals surface area contributed by atoms with Crippen molar-refractivity contribution in [1.29, 1.82) is 0 Å². The molecule has 16 heteroatoms. The van der Waals surface area contributed by atoms with Crippen molar-refractivity contribution in [3.8, 4) is 79.7 Å². The second kappa shape index (κ2) is 47.6. The third kappa shape index (κ3) is 22.7. The van der Waals surface area contributed by atoms with Crippen LogP contribution in [0.4, 0.5) is 11.4 Å². The van der Waals surface area contributed by atoms with Crippen LogP contribution in [0.3, 0.4) is 0 Å². The minimum Gasteiger partial charge on any atom is -0.510 e. The van der Waals surface area contributed by atoms with Crippen molar-refractivity contribution in [3.63, 3.8) is 0 Å². The Hall–Kier alpha value is -14.5. The van der Waals surface area contributed by atoms with E-state index in [1.165, 1.54) is 122 Å². The zero-order chi connectivity index (χ0) is 99.2. The Bertz CT molecular complexity index is 6830. The van der Waals surface area contributed by atoms with E-state index in [0.717, 1.165) is 56.9 Å². The van der Waals surface area contributed by atoms with Crippen molar-refractivity contribution >= 4 is 55.0 Å². The number of fused-ring (bicyclic) bond motifs is 6. The van der Waals surface area contributed by atoms with Gasteiger partial charge in [-0.2, -0.15) is 37.6 Å². The van der Waals surface area contributed by atoms with Gasteiger partial charge in [-0.05, 0) is 178 Å². The van der Waals surface area contributed by atoms with Gasteiger partial charge in [0, 0.05) is 135 Å². The van der Waals surface area contributed by atoms with E-state index in [2.05, 4.69) is 447 Å². The fourth-order valence-corrected chi connectivity index (χ4v) is 19.0. The quantitative estimate of drug-likeness (QED) is 0.0697. The molecule has 14 aromatic carbocycles. The first kappa shape index (κ1) is 104. The van der Waals surface area contributed by atoms with Gasteiger partial charge in [-0.3, -0.25) is 19.9 Å². The average molecular weight is 2240 g/mol. The number of benzene rings is 14. The molecular formula is C128H126Ir2N14-8. The number of rotatable bonds is 20. The first-order valence-electron chi connectivity index (χ1n) is 49.6. The minimum atomic E-state index is 0. The zero-order valence-corrected chi connectivity index (χ0v) is 90.3. The summed E-state index contributed by atoms with van der Waals surface area (Å²) in [5, 5.41) is 5.00. The molecule has 0 saturated heterocycles. The fourth-order valence-electron chi connectivity index (χ4n) is 19.0. The molecule has 14 nitrogen and oxygen atoms in total. The Kier molecular flexibility index (Phi) is 34.3. The molecule has 6 aromatic heterocycles. The van der Waals surface area contributed by atoms with E-state index in [1.807, 2.05) is 172 Å². The minimum absolute atomic E-state index is 0. The predicted octanol–water partition coefficient (Wildman–Crippen LogP) is 32.2. The van der Waals surface area contributed by atoms with Gasteiger partial charge in [-0.25, -0.2) is 0 Å². The van der Waals surface area contributed by atoms with E-state index < -0.39 is 0 Å². The summed E-state index contributed by atoms with van der Waals surface area (Å²) in [4.78, 5) is 26.6. The molecule has 734 valence electrons. The molecule has 0 unspecified atom stereocenters. The Morgan fingerprint density at radius 3 is 0.715 bits per heavy atom. The summed E-state index contributed by atoms with van der Waals surface area (Å²) in [6.45, 7) is 40.0. The van der Waals surface area contributed by atoms with Crippen molar-refractivity contribution in [1.82, 2.24) is 57.1 Å². The maximum atomic E-state index is 4.60. The zero-order valence-electron chi connectivity index (χ0n) is 85.5. The van der Waals surface area contributed by atoms with E-state index in [9.17, 15) is 0 Å². The SMILES string of the molecule is CC(C)c1cccc(C(C)C)c1-n1ccnc1-c1[c-]cccc1.CC(C)c1cccc(C(C)C)c1-n1ccnc1-c1[c-]cccc1.CC(C)c1cccc(C(C)C)c1-n1ccnc1-c1[c-]cccc1.CC(C)c1cccc(C(C)C)c1-n1ccnc1-c1[c-]cccc1.CN1C=CN(c2[c-]cc3c(c2)c2ccccc2n3-c2ccccc2)[CH-]1.CN1C=CN(c2[c-]cc3c(c2)c2ccccc2n3-c2ccccc2)[CH-]1.[Ir].[Ir]. The molecule has 8 heterocycles. The average Bonchev–Trinajstić information content (AvgIpc) is 1.59. The van der Waals surface area contributed by atoms with Crippen molar-refractivity contribution in [3.05, 3.63) is 472 Å². The smallest absolute Gasteiger partial charge is 0.0602 e. The Morgan fingerprint density at radius 1 is 0.243 bits per heavy atom. The number of hydrogen-bond acceptors (Lipinski definition) is 8. The molecule has 0 fully saturated rings. The van der Waals surface area contributed by atoms with Crippen LogP contribution in [-0.2, 0) is 40.2 Å². The van der Waals surface area contributed by atoms with Crippen molar-refractivity contribution in [2.24, 2.45) is 0 Å². The summed E-state index contributed by atoms with van der Waals surface area (Å²) in [6, 6.07) is 125. The van der Waals surface area contributed by atoms with E-state index in [1.54, 1.807) is 0 Å². The molecule has 22 rings (SSSR count). The van der Waals surface area contributed by atoms with Gasteiger partial charge in [-0.15, -0.1) is 178 Å². The van der Waals surface area contributed by atoms with Crippen LogP contribution >= 0.6 is 0 Å². The molecule has 0 amide bonds. The van der Waals surface area contributed by atoms with Crippen molar-refractivity contribution in [2.75, 3.05) is 23.9 Å². The van der Waals surface area contributed by atoms with Crippen LogP contribution in [0.2, 0.25) is 0 Å². The van der Waals surface area contributed by atoms with Crippen LogP contribution in [0.5, 0.6) is 0 Å². The van der Waals surface area contributed by atoms with Crippen LogP contribution in [0.25, 0.3) is 123 Å². The molecule has 20 aromatic rings. The van der Waals surface area contributed by atoms with Gasteiger partial charge in [0.2, 0.25) is 0 Å². The molecule has 2 aliphatic rings. The van der Waals surface area contributed by atoms with Crippen LogP contribution in [0.1, 0.15) is 203 Å². The van der Waals surface area contributed by atoms with E-state index in [0.29, 0.717) is 47.3 Å². The Morgan fingerprint density at radius 2 is 0.486 bits per heavy atom. The number of imidazole rings is 4. The maximum absolute atomic E-state index is 4.60. The normalized spacial score (nSPS) is 12.2. The monoisotopic (exact) mass is 2240 g/mol. The third-order valence-electron chi connectivity index (χ3n) is 26.0. The van der Waals surface area contributed by atoms with Crippen LogP contribution in [-0.4, -0.2) is 71.2 Å². The predicted molar refractivity (Wildman–Crippen MR) is 591 cm³/mol. The van der Waals surface area contributed by atoms with E-state index in [4.69, 9.17) is 0 Å². The number of nitrogens with zero attached hydrogens (tertiary/aromatic N) is 14. The summed E-state index contributed by atoms with van der Waals surface area (Å²) < 4.78 is 13.5. The van der Waals surface area contributed by atoms with E-state index >= 15 is 0 Å². The van der Waals surface area contributed by atoms with Gasteiger partial charge in [-0.1, -0.05) is 267 Å². The van der Waals surface area contributed by atoms with Crippen molar-refractivity contribution in [2.45, 2.75) is 158 Å². The first-order valence-corrected chi connectivity index (χ1v) is 49.6. The summed E-state index contributed by atoms with van der Waals surface area (Å²) >= 11 is 0. The van der Waals surface area contributed by atoms with Crippen LogP contribution < -0.4 is 9.80 Å². The van der Waals surface area contributed by atoms with Gasteiger partial charge >= 0.3 is 0 Å². The fraction of sp³-hybridized carbons (Fsp3) is 0.203. The Balaban J connectivity index is 0.000000130. The summed E-state index contributed by atoms with van der Waals surface area (Å²) in [5.41, 5.74) is 29.2. The van der Waals surface area contributed by atoms with Crippen LogP contribution in [0.15, 0.2) is 378 Å². The number of hydrogen-bond donors (Lipinski definition) is 0. The largest absolute Gasteiger partial charge is 0.510 e. The molecular weight excluding hydrogens is 2120 g/mol. The molecule has 0 aliphatic carbocycles. The number of aromatic nitrogens is 10. The molecule has 0 N–H and O–H groups in total. The number of anilines is 2. The van der Waals surface area contributed by atoms with E-state index in [-0.39, 0.29) is 40.2 Å². The third-order valence-corrected chi connectivity index (χ3v) is 26.0. The van der Waals surface area contributed by atoms with Gasteiger partial charge in [0.25, 0.3) is 0 Å². The van der Waals surface area contributed by atoms with Gasteiger partial charge < -0.3 is 47.0 Å². The summed E-state index contributed by atoms with van der Waals surface area (Å²) in [7, 11) is 4.05. The molecule has 2 aliphatic heterocycles. The molecule has 0 atom stereocenters. The molecule has 144 heavy (non-hydrogen) atoms. The molecule has 0 spiro atoms. The van der Waals surface area contributed by atoms with Crippen LogP contribution in [0, 0.1) is 49.7 Å². The topological polar surface area (TPSA) is 94.1 Å². The second-order valence-electron chi connectivity index (χ2n) is 38.5. The van der Waals surface area contributed by atoms with Crippen molar-refractivity contribution < 1.29 is 40.2 Å². The summed E-state index contributed by atoms with van der Waals surface area (Å²) in [6.07, 6.45) is 23.9. The second-order valence-corrected chi connectivity index (χ2v) is 38.5.